The lowest BCUT2D eigenvalue weighted by Crippen LogP contribution is -2.58. The van der Waals surface area contributed by atoms with Crippen LogP contribution < -0.4 is 9.62 Å². The lowest BCUT2D eigenvalue weighted by Gasteiger charge is -2.41. The summed E-state index contributed by atoms with van der Waals surface area (Å²) in [6.45, 7) is 4.93. The van der Waals surface area contributed by atoms with E-state index >= 15 is 0 Å². The molecule has 2 unspecified atom stereocenters. The molecule has 2 atom stereocenters. The molecule has 2 aromatic rings. The van der Waals surface area contributed by atoms with Gasteiger partial charge in [0, 0.05) is 43.6 Å². The van der Waals surface area contributed by atoms with Crippen LogP contribution in [0, 0.1) is 5.92 Å². The van der Waals surface area contributed by atoms with E-state index in [4.69, 9.17) is 4.74 Å². The van der Waals surface area contributed by atoms with Crippen LogP contribution in [0.2, 0.25) is 0 Å². The van der Waals surface area contributed by atoms with Crippen LogP contribution in [-0.2, 0) is 39.7 Å². The van der Waals surface area contributed by atoms with Gasteiger partial charge in [-0.05, 0) is 37.5 Å². The molecule has 12 nitrogen and oxygen atoms in total. The number of nitrogens with zero attached hydrogens (tertiary/aromatic N) is 6. The topological polar surface area (TPSA) is 130 Å². The Kier molecular flexibility index (Phi) is 6.68. The minimum Gasteiger partial charge on any atom is -0.378 e. The van der Waals surface area contributed by atoms with E-state index in [1.54, 1.807) is 35.2 Å². The zero-order valence-corrected chi connectivity index (χ0v) is 23.4. The average molecular weight is 574 g/mol. The van der Waals surface area contributed by atoms with Crippen molar-refractivity contribution in [1.82, 2.24) is 29.3 Å². The number of thioether (sulfide) groups is 1. The molecule has 4 aliphatic rings. The largest absolute Gasteiger partial charge is 0.378 e. The van der Waals surface area contributed by atoms with Gasteiger partial charge in [0.05, 0.1) is 38.4 Å². The summed E-state index contributed by atoms with van der Waals surface area (Å²) in [7, 11) is -2.05. The van der Waals surface area contributed by atoms with E-state index in [0.29, 0.717) is 18.8 Å². The van der Waals surface area contributed by atoms with Gasteiger partial charge in [-0.2, -0.15) is 5.10 Å². The van der Waals surface area contributed by atoms with Crippen molar-refractivity contribution in [2.45, 2.75) is 43.8 Å². The van der Waals surface area contributed by atoms with Crippen LogP contribution in [0.3, 0.4) is 0 Å². The van der Waals surface area contributed by atoms with Gasteiger partial charge in [-0.1, -0.05) is 17.8 Å². The van der Waals surface area contributed by atoms with Gasteiger partial charge < -0.3 is 14.5 Å². The number of nitrogens with one attached hydrogen (secondary N) is 1. The van der Waals surface area contributed by atoms with E-state index in [0.717, 1.165) is 49.1 Å². The number of urea groups is 1. The summed E-state index contributed by atoms with van der Waals surface area (Å²) in [5, 5.41) is 3.47. The van der Waals surface area contributed by atoms with E-state index in [2.05, 4.69) is 19.7 Å². The predicted octanol–water partition coefficient (Wildman–Crippen LogP) is 1.62. The first-order valence-corrected chi connectivity index (χ1v) is 15.3. The molecule has 3 amide bonds. The highest BCUT2D eigenvalue weighted by molar-refractivity contribution is 8.18. The third kappa shape index (κ3) is 5.30. The lowest BCUT2D eigenvalue weighted by atomic mass is 10.0. The molecule has 14 heteroatoms. The number of amides is 3. The average Bonchev–Trinajstić information content (AvgIpc) is 3.28. The highest BCUT2D eigenvalue weighted by Crippen LogP contribution is 2.46. The molecule has 3 fully saturated rings. The molecule has 6 rings (SSSR count). The zero-order chi connectivity index (χ0) is 27.4. The molecule has 2 aromatic heterocycles. The summed E-state index contributed by atoms with van der Waals surface area (Å²) in [6, 6.07) is 3.37. The second-order valence-corrected chi connectivity index (χ2v) is 13.7. The van der Waals surface area contributed by atoms with E-state index in [9.17, 15) is 18.0 Å². The number of rotatable bonds is 8. The fourth-order valence-corrected chi connectivity index (χ4v) is 8.30. The molecule has 1 saturated carbocycles. The number of hydrogen-bond acceptors (Lipinski definition) is 9. The minimum atomic E-state index is -3.82. The van der Waals surface area contributed by atoms with Gasteiger partial charge in [0.15, 0.2) is 0 Å². The number of imide groups is 1. The monoisotopic (exact) mass is 573 g/mol. The van der Waals surface area contributed by atoms with Crippen molar-refractivity contribution in [2.24, 2.45) is 13.0 Å². The molecule has 2 saturated heterocycles. The number of aryl methyl sites for hydroxylation is 1. The molecule has 0 aromatic carbocycles. The van der Waals surface area contributed by atoms with E-state index in [1.807, 2.05) is 19.1 Å². The maximum Gasteiger partial charge on any atom is 0.328 e. The third-order valence-electron chi connectivity index (χ3n) is 7.44. The number of pyridine rings is 1. The number of aromatic nitrogens is 3. The molecule has 5 heterocycles. The highest BCUT2D eigenvalue weighted by Gasteiger charge is 2.52. The smallest absolute Gasteiger partial charge is 0.328 e. The number of anilines is 1. The first kappa shape index (κ1) is 26.3. The maximum atomic E-state index is 13.8. The first-order chi connectivity index (χ1) is 18.6. The molecule has 1 aliphatic carbocycles. The minimum absolute atomic E-state index is 0.0519. The Morgan fingerprint density at radius 3 is 2.54 bits per heavy atom. The summed E-state index contributed by atoms with van der Waals surface area (Å²) < 4.78 is 36.2. The number of fused-ring (bicyclic) bond motifs is 1. The van der Waals surface area contributed by atoms with E-state index in [1.165, 1.54) is 11.0 Å². The van der Waals surface area contributed by atoms with Crippen molar-refractivity contribution in [1.29, 1.82) is 0 Å². The van der Waals surface area contributed by atoms with Crippen LogP contribution in [0.25, 0.3) is 0 Å². The molecule has 0 spiro atoms. The molecule has 39 heavy (non-hydrogen) atoms. The highest BCUT2D eigenvalue weighted by atomic mass is 32.3. The SMILES string of the molecule is Cn1cc(CN2C(=O)C3C=C(S(=O)(=O)NC4(C)CC4)SC3N(Cc3ccc(N4CCOCC4)nc3)C2=O)cn1. The van der Waals surface area contributed by atoms with Crippen LogP contribution in [-0.4, -0.2) is 82.1 Å². The van der Waals surface area contributed by atoms with Gasteiger partial charge in [0.25, 0.3) is 0 Å². The summed E-state index contributed by atoms with van der Waals surface area (Å²) in [5.41, 5.74) is 1.04. The molecule has 208 valence electrons. The normalized spacial score (nSPS) is 24.7. The fraction of sp³-hybridized carbons (Fsp3) is 0.520. The Morgan fingerprint density at radius 2 is 1.90 bits per heavy atom. The molecule has 0 radical (unpaired) electrons. The Morgan fingerprint density at radius 1 is 1.13 bits per heavy atom. The van der Waals surface area contributed by atoms with Crippen molar-refractivity contribution in [3.05, 3.63) is 52.2 Å². The van der Waals surface area contributed by atoms with Gasteiger partial charge in [-0.25, -0.2) is 22.9 Å². The Balaban J connectivity index is 1.27. The maximum absolute atomic E-state index is 13.8. The van der Waals surface area contributed by atoms with Crippen molar-refractivity contribution < 1.29 is 22.7 Å². The molecule has 1 N–H and O–H groups in total. The van der Waals surface area contributed by atoms with Crippen molar-refractivity contribution >= 4 is 39.5 Å². The number of carbonyl (C=O) groups excluding carboxylic acids is 2. The van der Waals surface area contributed by atoms with Crippen LogP contribution in [0.15, 0.2) is 41.0 Å². The van der Waals surface area contributed by atoms with Gasteiger partial charge in [-0.15, -0.1) is 0 Å². The zero-order valence-electron chi connectivity index (χ0n) is 21.8. The second-order valence-electron chi connectivity index (χ2n) is 10.7. The van der Waals surface area contributed by atoms with Crippen molar-refractivity contribution in [3.8, 4) is 0 Å². The van der Waals surface area contributed by atoms with Crippen molar-refractivity contribution in [2.75, 3.05) is 31.2 Å². The summed E-state index contributed by atoms with van der Waals surface area (Å²) in [4.78, 5) is 36.8. The van der Waals surface area contributed by atoms with Gasteiger partial charge >= 0.3 is 6.03 Å². The fourth-order valence-electron chi connectivity index (χ4n) is 4.99. The van der Waals surface area contributed by atoms with Crippen LogP contribution in [0.1, 0.15) is 30.9 Å². The first-order valence-electron chi connectivity index (χ1n) is 12.9. The van der Waals surface area contributed by atoms with Crippen LogP contribution >= 0.6 is 11.8 Å². The molecular weight excluding hydrogens is 542 g/mol. The number of hydrogen-bond donors (Lipinski definition) is 1. The molecular formula is C25H31N7O5S2. The van der Waals surface area contributed by atoms with Gasteiger partial charge in [-0.3, -0.25) is 14.4 Å². The summed E-state index contributed by atoms with van der Waals surface area (Å²) in [5.74, 6) is -0.368. The van der Waals surface area contributed by atoms with Gasteiger partial charge in [0.2, 0.25) is 15.9 Å². The lowest BCUT2D eigenvalue weighted by molar-refractivity contribution is -0.135. The summed E-state index contributed by atoms with van der Waals surface area (Å²) >= 11 is 1.05. The predicted molar refractivity (Wildman–Crippen MR) is 145 cm³/mol. The van der Waals surface area contributed by atoms with Gasteiger partial charge in [0.1, 0.15) is 15.4 Å². The second kappa shape index (κ2) is 9.91. The quantitative estimate of drug-likeness (QED) is 0.501. The molecule has 3 aliphatic heterocycles. The number of ether oxygens (including phenoxy) is 1. The Bertz CT molecular complexity index is 1410. The third-order valence-corrected chi connectivity index (χ3v) is 11.0. The van der Waals surface area contributed by atoms with Crippen LogP contribution in [0.4, 0.5) is 10.6 Å². The number of morpholine rings is 1. The standard InChI is InChI=1S/C25H31N7O5S2/c1-25(5-6-25)28-39(35,36)21-11-19-22(33)31(16-18-13-27-29(2)14-18)24(34)32(23(19)38-21)15-17-3-4-20(26-12-17)30-7-9-37-10-8-30/h3-4,11-14,19,23,28H,5-10,15-16H2,1-2H3. The molecule has 0 bridgehead atoms. The van der Waals surface area contributed by atoms with E-state index in [-0.39, 0.29) is 17.3 Å². The number of carbonyl (C=O) groups is 2. The van der Waals surface area contributed by atoms with Crippen LogP contribution in [0.5, 0.6) is 0 Å². The van der Waals surface area contributed by atoms with E-state index < -0.39 is 38.8 Å². The summed E-state index contributed by atoms with van der Waals surface area (Å²) in [6.07, 6.45) is 8.14. The Labute approximate surface area is 231 Å². The number of sulfonamides is 1. The Hall–Kier alpha value is -2.94. The van der Waals surface area contributed by atoms with Crippen molar-refractivity contribution in [3.63, 3.8) is 0 Å².